The van der Waals surface area contributed by atoms with E-state index in [0.29, 0.717) is 6.54 Å². The van der Waals surface area contributed by atoms with E-state index in [1.54, 1.807) is 0 Å². The monoisotopic (exact) mass is 254 g/mol. The standard InChI is InChI=1S/C16H16NO2/c18-12-16(19)17-11-15(13-7-3-1-4-8-13)14-9-5-2-6-10-14/h1-10,15H,11-12H2,(H,17,19). The molecule has 1 radical (unpaired) electrons. The molecule has 97 valence electrons. The quantitative estimate of drug-likeness (QED) is 0.875. The van der Waals surface area contributed by atoms with E-state index < -0.39 is 12.5 Å². The van der Waals surface area contributed by atoms with Crippen LogP contribution in [0.5, 0.6) is 0 Å². The van der Waals surface area contributed by atoms with Crippen molar-refractivity contribution in [2.45, 2.75) is 5.92 Å². The molecule has 0 unspecified atom stereocenters. The van der Waals surface area contributed by atoms with Gasteiger partial charge in [-0.1, -0.05) is 60.7 Å². The second kappa shape index (κ2) is 6.71. The van der Waals surface area contributed by atoms with Gasteiger partial charge in [-0.15, -0.1) is 0 Å². The smallest absolute Gasteiger partial charge is 0.249 e. The molecule has 3 nitrogen and oxygen atoms in total. The summed E-state index contributed by atoms with van der Waals surface area (Å²) in [4.78, 5) is 11.2. The first kappa shape index (κ1) is 13.3. The highest BCUT2D eigenvalue weighted by molar-refractivity contribution is 5.76. The molecule has 0 aromatic heterocycles. The Labute approximate surface area is 112 Å². The molecule has 0 bridgehead atoms. The SMILES string of the molecule is [O]CC(=O)NCC(c1ccccc1)c1ccccc1. The van der Waals surface area contributed by atoms with Crippen LogP contribution >= 0.6 is 0 Å². The Balaban J connectivity index is 2.21. The minimum Gasteiger partial charge on any atom is -0.353 e. The Morgan fingerprint density at radius 1 is 0.895 bits per heavy atom. The number of amides is 1. The third-order valence-electron chi connectivity index (χ3n) is 3.04. The molecule has 19 heavy (non-hydrogen) atoms. The topological polar surface area (TPSA) is 49.0 Å². The Morgan fingerprint density at radius 3 is 1.79 bits per heavy atom. The number of benzene rings is 2. The molecule has 0 aliphatic heterocycles. The van der Waals surface area contributed by atoms with Crippen LogP contribution in [0, 0.1) is 0 Å². The summed E-state index contributed by atoms with van der Waals surface area (Å²) in [5.74, 6) is -0.394. The van der Waals surface area contributed by atoms with E-state index in [1.165, 1.54) is 0 Å². The molecule has 0 saturated heterocycles. The van der Waals surface area contributed by atoms with Crippen LogP contribution in [0.1, 0.15) is 17.0 Å². The average Bonchev–Trinajstić information content (AvgIpc) is 2.49. The van der Waals surface area contributed by atoms with E-state index in [4.69, 9.17) is 0 Å². The summed E-state index contributed by atoms with van der Waals surface area (Å²) in [6, 6.07) is 19.9. The van der Waals surface area contributed by atoms with Gasteiger partial charge in [0.15, 0.2) is 6.61 Å². The highest BCUT2D eigenvalue weighted by Gasteiger charge is 2.14. The minimum atomic E-state index is -0.726. The predicted octanol–water partition coefficient (Wildman–Crippen LogP) is 2.37. The van der Waals surface area contributed by atoms with Gasteiger partial charge in [-0.2, -0.15) is 0 Å². The fraction of sp³-hybridized carbons (Fsp3) is 0.188. The van der Waals surface area contributed by atoms with Crippen LogP contribution < -0.4 is 5.32 Å². The second-order valence-corrected chi connectivity index (χ2v) is 4.32. The average molecular weight is 254 g/mol. The van der Waals surface area contributed by atoms with E-state index in [1.807, 2.05) is 60.7 Å². The van der Waals surface area contributed by atoms with Gasteiger partial charge in [0.1, 0.15) is 0 Å². The normalized spacial score (nSPS) is 10.4. The summed E-state index contributed by atoms with van der Waals surface area (Å²) in [6.45, 7) is -0.286. The maximum Gasteiger partial charge on any atom is 0.249 e. The minimum absolute atomic E-state index is 0.0675. The van der Waals surface area contributed by atoms with E-state index in [2.05, 4.69) is 5.32 Å². The summed E-state index contributed by atoms with van der Waals surface area (Å²) in [6.07, 6.45) is 0. The van der Waals surface area contributed by atoms with Gasteiger partial charge in [-0.05, 0) is 11.1 Å². The van der Waals surface area contributed by atoms with E-state index in [0.717, 1.165) is 11.1 Å². The zero-order valence-electron chi connectivity index (χ0n) is 10.6. The molecule has 1 N–H and O–H groups in total. The third kappa shape index (κ3) is 3.66. The Hall–Kier alpha value is -2.13. The van der Waals surface area contributed by atoms with Crippen molar-refractivity contribution >= 4 is 5.91 Å². The number of nitrogens with one attached hydrogen (secondary N) is 1. The fourth-order valence-electron chi connectivity index (χ4n) is 2.07. The van der Waals surface area contributed by atoms with E-state index in [-0.39, 0.29) is 5.92 Å². The zero-order valence-corrected chi connectivity index (χ0v) is 10.6. The number of carbonyl (C=O) groups excluding carboxylic acids is 1. The predicted molar refractivity (Wildman–Crippen MR) is 73.3 cm³/mol. The van der Waals surface area contributed by atoms with Gasteiger partial charge in [0.2, 0.25) is 5.91 Å². The van der Waals surface area contributed by atoms with Crippen LogP contribution in [0.25, 0.3) is 0 Å². The van der Waals surface area contributed by atoms with Crippen molar-refractivity contribution in [1.82, 2.24) is 5.32 Å². The first-order valence-corrected chi connectivity index (χ1v) is 6.26. The lowest BCUT2D eigenvalue weighted by molar-refractivity contribution is -0.125. The van der Waals surface area contributed by atoms with Crippen molar-refractivity contribution < 1.29 is 9.90 Å². The summed E-state index contributed by atoms with van der Waals surface area (Å²) < 4.78 is 0. The summed E-state index contributed by atoms with van der Waals surface area (Å²) >= 11 is 0. The molecule has 0 saturated carbocycles. The number of carbonyl (C=O) groups is 1. The van der Waals surface area contributed by atoms with Crippen LogP contribution in [0.15, 0.2) is 60.7 Å². The molecule has 0 aliphatic rings. The Morgan fingerprint density at radius 2 is 1.37 bits per heavy atom. The molecule has 2 rings (SSSR count). The van der Waals surface area contributed by atoms with Crippen molar-refractivity contribution in [2.75, 3.05) is 13.2 Å². The van der Waals surface area contributed by atoms with Crippen molar-refractivity contribution in [2.24, 2.45) is 0 Å². The lowest BCUT2D eigenvalue weighted by Gasteiger charge is -2.18. The van der Waals surface area contributed by atoms with E-state index >= 15 is 0 Å². The maximum atomic E-state index is 11.2. The summed E-state index contributed by atoms with van der Waals surface area (Å²) in [5.41, 5.74) is 2.25. The fourth-order valence-corrected chi connectivity index (χ4v) is 2.07. The highest BCUT2D eigenvalue weighted by atomic mass is 16.3. The molecule has 2 aromatic rings. The lowest BCUT2D eigenvalue weighted by atomic mass is 9.91. The first-order chi connectivity index (χ1) is 9.31. The van der Waals surface area contributed by atoms with Crippen molar-refractivity contribution in [1.29, 1.82) is 0 Å². The van der Waals surface area contributed by atoms with Gasteiger partial charge in [-0.3, -0.25) is 4.79 Å². The van der Waals surface area contributed by atoms with Crippen LogP contribution in [0.4, 0.5) is 0 Å². The summed E-state index contributed by atoms with van der Waals surface area (Å²) in [7, 11) is 0. The largest absolute Gasteiger partial charge is 0.353 e. The maximum absolute atomic E-state index is 11.2. The summed E-state index contributed by atoms with van der Waals surface area (Å²) in [5, 5.41) is 13.2. The van der Waals surface area contributed by atoms with Crippen molar-refractivity contribution in [3.63, 3.8) is 0 Å². The van der Waals surface area contributed by atoms with Gasteiger partial charge in [0.05, 0.1) is 0 Å². The van der Waals surface area contributed by atoms with Crippen molar-refractivity contribution in [3.05, 3.63) is 71.8 Å². The molecule has 0 fully saturated rings. The van der Waals surface area contributed by atoms with Crippen LogP contribution in [-0.2, 0) is 9.90 Å². The van der Waals surface area contributed by atoms with Gasteiger partial charge >= 0.3 is 0 Å². The van der Waals surface area contributed by atoms with Crippen LogP contribution in [0.2, 0.25) is 0 Å². The zero-order chi connectivity index (χ0) is 13.5. The first-order valence-electron chi connectivity index (χ1n) is 6.26. The third-order valence-corrected chi connectivity index (χ3v) is 3.04. The molecule has 2 aromatic carbocycles. The highest BCUT2D eigenvalue weighted by Crippen LogP contribution is 2.23. The van der Waals surface area contributed by atoms with Gasteiger partial charge in [0, 0.05) is 12.5 Å². The van der Waals surface area contributed by atoms with Gasteiger partial charge < -0.3 is 5.32 Å². The van der Waals surface area contributed by atoms with Crippen molar-refractivity contribution in [3.8, 4) is 0 Å². The van der Waals surface area contributed by atoms with Crippen LogP contribution in [0.3, 0.4) is 0 Å². The number of hydrogen-bond donors (Lipinski definition) is 1. The number of hydrogen-bond acceptors (Lipinski definition) is 1. The second-order valence-electron chi connectivity index (χ2n) is 4.32. The lowest BCUT2D eigenvalue weighted by Crippen LogP contribution is -2.30. The Bertz CT molecular complexity index is 471. The molecule has 0 heterocycles. The molecule has 0 aliphatic carbocycles. The molecule has 3 heteroatoms. The van der Waals surface area contributed by atoms with Gasteiger partial charge in [-0.25, -0.2) is 5.11 Å². The molecular weight excluding hydrogens is 238 g/mol. The molecule has 1 amide bonds. The van der Waals surface area contributed by atoms with Crippen LogP contribution in [-0.4, -0.2) is 19.1 Å². The number of rotatable bonds is 5. The van der Waals surface area contributed by atoms with Gasteiger partial charge in [0.25, 0.3) is 0 Å². The van der Waals surface area contributed by atoms with E-state index in [9.17, 15) is 9.90 Å². The Kier molecular flexibility index (Phi) is 4.70. The molecule has 0 atom stereocenters. The molecular formula is C16H16NO2. The molecule has 0 spiro atoms.